The molecule has 2 heterocycles. The number of H-pyrrole nitrogens is 1. The number of imidazole rings is 1. The first-order valence-corrected chi connectivity index (χ1v) is 9.33. The Bertz CT molecular complexity index is 886. The van der Waals surface area contributed by atoms with Gasteiger partial charge in [0.15, 0.2) is 0 Å². The lowest BCUT2D eigenvalue weighted by Crippen LogP contribution is -2.53. The quantitative estimate of drug-likeness (QED) is 0.761. The number of carbonyl (C=O) groups is 2. The van der Waals surface area contributed by atoms with Gasteiger partial charge >= 0.3 is 12.0 Å². The molecule has 0 saturated heterocycles. The minimum atomic E-state index is -0.782. The second-order valence-corrected chi connectivity index (χ2v) is 7.39. The number of nitrogens with zero attached hydrogens (tertiary/aromatic N) is 2. The lowest BCUT2D eigenvalue weighted by atomic mass is 9.95. The van der Waals surface area contributed by atoms with Crippen LogP contribution >= 0.6 is 11.6 Å². The number of aromatic nitrogens is 2. The summed E-state index contributed by atoms with van der Waals surface area (Å²) in [5.74, 6) is -1.20. The van der Waals surface area contributed by atoms with Crippen LogP contribution in [0.4, 0.5) is 9.18 Å². The van der Waals surface area contributed by atoms with E-state index in [2.05, 4.69) is 15.3 Å². The summed E-state index contributed by atoms with van der Waals surface area (Å²) in [6, 6.07) is 2.57. The number of fused-ring (bicyclic) bond motifs is 1. The van der Waals surface area contributed by atoms with Crippen molar-refractivity contribution in [2.75, 3.05) is 13.7 Å². The Morgan fingerprint density at radius 3 is 2.82 bits per heavy atom. The van der Waals surface area contributed by atoms with Crippen LogP contribution in [0.2, 0.25) is 5.02 Å². The third kappa shape index (κ3) is 3.82. The van der Waals surface area contributed by atoms with Crippen molar-refractivity contribution in [3.05, 3.63) is 52.3 Å². The molecule has 150 valence electrons. The van der Waals surface area contributed by atoms with Gasteiger partial charge in [-0.2, -0.15) is 0 Å². The number of hydrogen-bond acceptors (Lipinski definition) is 4. The normalized spacial score (nSPS) is 17.2. The standard InChI is InChI=1S/C19H22ClFN4O3/c1-10(2)15(18(26)28-3)24-19(27)25-7-6-14-16(23-9-22-14)17(25)11-4-5-13(21)12(20)8-11/h4-5,8-10,15,17H,6-7H2,1-3H3,(H,22,23)(H,24,27)/t15-,17+/m0/s1. The van der Waals surface area contributed by atoms with E-state index in [1.165, 1.54) is 19.2 Å². The number of esters is 1. The summed E-state index contributed by atoms with van der Waals surface area (Å²) < 4.78 is 18.4. The van der Waals surface area contributed by atoms with Gasteiger partial charge in [-0.15, -0.1) is 0 Å². The third-order valence-corrected chi connectivity index (χ3v) is 5.14. The molecule has 2 amide bonds. The SMILES string of the molecule is COC(=O)[C@@H](NC(=O)N1CCc2[nH]cnc2[C@H]1c1ccc(F)c(Cl)c1)C(C)C. The molecule has 1 aromatic carbocycles. The van der Waals surface area contributed by atoms with Gasteiger partial charge in [0.1, 0.15) is 17.9 Å². The van der Waals surface area contributed by atoms with E-state index in [0.29, 0.717) is 24.2 Å². The van der Waals surface area contributed by atoms with E-state index in [4.69, 9.17) is 16.3 Å². The van der Waals surface area contributed by atoms with Gasteiger partial charge in [-0.05, 0) is 23.6 Å². The van der Waals surface area contributed by atoms with Crippen LogP contribution < -0.4 is 5.32 Å². The van der Waals surface area contributed by atoms with Crippen LogP contribution in [0.3, 0.4) is 0 Å². The first-order valence-electron chi connectivity index (χ1n) is 8.95. The van der Waals surface area contributed by atoms with Gasteiger partial charge in [-0.25, -0.2) is 19.0 Å². The van der Waals surface area contributed by atoms with E-state index in [9.17, 15) is 14.0 Å². The van der Waals surface area contributed by atoms with Crippen molar-refractivity contribution in [3.8, 4) is 0 Å². The van der Waals surface area contributed by atoms with Crippen molar-refractivity contribution in [1.82, 2.24) is 20.2 Å². The number of halogens is 2. The van der Waals surface area contributed by atoms with Crippen LogP contribution in [0.1, 0.15) is 36.8 Å². The number of aromatic amines is 1. The molecule has 7 nitrogen and oxygen atoms in total. The van der Waals surface area contributed by atoms with Crippen LogP contribution in [-0.2, 0) is 16.0 Å². The summed E-state index contributed by atoms with van der Waals surface area (Å²) in [5, 5.41) is 2.72. The number of rotatable bonds is 4. The maximum absolute atomic E-state index is 13.6. The van der Waals surface area contributed by atoms with E-state index in [1.54, 1.807) is 17.3 Å². The molecule has 0 bridgehead atoms. The van der Waals surface area contributed by atoms with Gasteiger partial charge in [0.25, 0.3) is 0 Å². The van der Waals surface area contributed by atoms with Gasteiger partial charge in [-0.1, -0.05) is 31.5 Å². The summed E-state index contributed by atoms with van der Waals surface area (Å²) in [7, 11) is 1.28. The van der Waals surface area contributed by atoms with E-state index in [-0.39, 0.29) is 10.9 Å². The van der Waals surface area contributed by atoms with Crippen molar-refractivity contribution < 1.29 is 18.7 Å². The van der Waals surface area contributed by atoms with Gasteiger partial charge in [-0.3, -0.25) is 0 Å². The number of amides is 2. The molecule has 2 atom stereocenters. The Kier molecular flexibility index (Phi) is 5.88. The Morgan fingerprint density at radius 1 is 1.43 bits per heavy atom. The third-order valence-electron chi connectivity index (χ3n) is 4.85. The lowest BCUT2D eigenvalue weighted by molar-refractivity contribution is -0.144. The molecule has 0 aliphatic carbocycles. The van der Waals surface area contributed by atoms with Crippen LogP contribution in [0, 0.1) is 11.7 Å². The molecule has 1 aliphatic rings. The fraction of sp³-hybridized carbons (Fsp3) is 0.421. The largest absolute Gasteiger partial charge is 0.467 e. The highest BCUT2D eigenvalue weighted by Crippen LogP contribution is 2.35. The molecule has 1 aromatic heterocycles. The Labute approximate surface area is 167 Å². The minimum Gasteiger partial charge on any atom is -0.467 e. The topological polar surface area (TPSA) is 87.3 Å². The van der Waals surface area contributed by atoms with Gasteiger partial charge in [0.05, 0.1) is 24.2 Å². The summed E-state index contributed by atoms with van der Waals surface area (Å²) >= 11 is 5.96. The van der Waals surface area contributed by atoms with Crippen molar-refractivity contribution >= 4 is 23.6 Å². The molecular weight excluding hydrogens is 387 g/mol. The first kappa shape index (κ1) is 20.1. The summed E-state index contributed by atoms with van der Waals surface area (Å²) in [6.07, 6.45) is 2.15. The molecule has 0 unspecified atom stereocenters. The molecule has 0 fully saturated rings. The molecule has 0 radical (unpaired) electrons. The summed E-state index contributed by atoms with van der Waals surface area (Å²) in [5.41, 5.74) is 2.21. The average molecular weight is 409 g/mol. The van der Waals surface area contributed by atoms with Gasteiger partial charge < -0.3 is 19.9 Å². The second kappa shape index (κ2) is 8.18. The zero-order chi connectivity index (χ0) is 20.4. The van der Waals surface area contributed by atoms with Gasteiger partial charge in [0, 0.05) is 18.7 Å². The number of hydrogen-bond donors (Lipinski definition) is 2. The zero-order valence-electron chi connectivity index (χ0n) is 15.8. The minimum absolute atomic E-state index is 0.0323. The van der Waals surface area contributed by atoms with E-state index >= 15 is 0 Å². The van der Waals surface area contributed by atoms with Crippen molar-refractivity contribution in [2.24, 2.45) is 5.92 Å². The molecule has 28 heavy (non-hydrogen) atoms. The monoisotopic (exact) mass is 408 g/mol. The summed E-state index contributed by atoms with van der Waals surface area (Å²) in [4.78, 5) is 34.1. The maximum atomic E-state index is 13.6. The highest BCUT2D eigenvalue weighted by atomic mass is 35.5. The molecular formula is C19H22ClFN4O3. The van der Waals surface area contributed by atoms with Crippen LogP contribution in [0.25, 0.3) is 0 Å². The number of methoxy groups -OCH3 is 1. The molecule has 0 spiro atoms. The van der Waals surface area contributed by atoms with Crippen molar-refractivity contribution in [3.63, 3.8) is 0 Å². The molecule has 2 aromatic rings. The number of ether oxygens (including phenoxy) is 1. The second-order valence-electron chi connectivity index (χ2n) is 6.98. The Morgan fingerprint density at radius 2 is 2.18 bits per heavy atom. The maximum Gasteiger partial charge on any atom is 0.328 e. The molecule has 9 heteroatoms. The smallest absolute Gasteiger partial charge is 0.328 e. The van der Waals surface area contributed by atoms with E-state index < -0.39 is 29.9 Å². The molecule has 0 saturated carbocycles. The lowest BCUT2D eigenvalue weighted by Gasteiger charge is -2.36. The first-order chi connectivity index (χ1) is 13.3. The molecule has 3 rings (SSSR count). The van der Waals surface area contributed by atoms with Crippen LogP contribution in [0.5, 0.6) is 0 Å². The predicted octanol–water partition coefficient (Wildman–Crippen LogP) is 3.06. The number of benzene rings is 1. The predicted molar refractivity (Wildman–Crippen MR) is 101 cm³/mol. The molecule has 1 aliphatic heterocycles. The average Bonchev–Trinajstić information content (AvgIpc) is 3.15. The fourth-order valence-electron chi connectivity index (χ4n) is 3.36. The van der Waals surface area contributed by atoms with Crippen molar-refractivity contribution in [2.45, 2.75) is 32.4 Å². The fourth-order valence-corrected chi connectivity index (χ4v) is 3.55. The summed E-state index contributed by atoms with van der Waals surface area (Å²) in [6.45, 7) is 4.04. The van der Waals surface area contributed by atoms with Crippen LogP contribution in [-0.4, -0.2) is 46.6 Å². The Balaban J connectivity index is 1.95. The van der Waals surface area contributed by atoms with E-state index in [0.717, 1.165) is 5.69 Å². The molecule has 2 N–H and O–H groups in total. The van der Waals surface area contributed by atoms with E-state index in [1.807, 2.05) is 13.8 Å². The number of carbonyl (C=O) groups excluding carboxylic acids is 2. The van der Waals surface area contributed by atoms with Crippen molar-refractivity contribution in [1.29, 1.82) is 0 Å². The number of urea groups is 1. The highest BCUT2D eigenvalue weighted by Gasteiger charge is 2.36. The van der Waals surface area contributed by atoms with Gasteiger partial charge in [0.2, 0.25) is 0 Å². The number of nitrogens with one attached hydrogen (secondary N) is 2. The van der Waals surface area contributed by atoms with Crippen LogP contribution in [0.15, 0.2) is 24.5 Å². The Hall–Kier alpha value is -2.61. The zero-order valence-corrected chi connectivity index (χ0v) is 16.6. The highest BCUT2D eigenvalue weighted by molar-refractivity contribution is 6.30.